The smallest absolute Gasteiger partial charge is 0.330 e. The summed E-state index contributed by atoms with van der Waals surface area (Å²) in [6, 6.07) is 0. The van der Waals surface area contributed by atoms with Crippen LogP contribution in [0.15, 0.2) is 12.7 Å². The van der Waals surface area contributed by atoms with E-state index in [9.17, 15) is 20.1 Å². The second kappa shape index (κ2) is 6.14. The number of ether oxygens (including phenoxy) is 1. The molecule has 0 rings (SSSR count). The highest BCUT2D eigenvalue weighted by Crippen LogP contribution is 2.37. The molecule has 0 spiro atoms. The van der Waals surface area contributed by atoms with Gasteiger partial charge in [0.15, 0.2) is 0 Å². The number of carbonyl (C=O) groups excluding carboxylic acids is 1. The summed E-state index contributed by atoms with van der Waals surface area (Å²) in [7, 11) is 0. The molecule has 3 N–H and O–H groups in total. The molecular formula is C12H22O5. The minimum absolute atomic E-state index is 0.663. The predicted molar refractivity (Wildman–Crippen MR) is 63.2 cm³/mol. The Morgan fingerprint density at radius 2 is 1.47 bits per heavy atom. The van der Waals surface area contributed by atoms with Crippen LogP contribution < -0.4 is 0 Å². The minimum Gasteiger partial charge on any atom is -0.459 e. The second-order valence-corrected chi connectivity index (χ2v) is 4.31. The van der Waals surface area contributed by atoms with E-state index in [-0.39, 0.29) is 0 Å². The minimum atomic E-state index is -1.33. The van der Waals surface area contributed by atoms with Gasteiger partial charge in [0.1, 0.15) is 6.10 Å². The summed E-state index contributed by atoms with van der Waals surface area (Å²) < 4.78 is 5.01. The molecule has 5 nitrogen and oxygen atoms in total. The molecule has 0 bridgehead atoms. The second-order valence-electron chi connectivity index (χ2n) is 4.31. The average Bonchev–Trinajstić information content (AvgIpc) is 2.16. The maximum Gasteiger partial charge on any atom is 0.330 e. The quantitative estimate of drug-likeness (QED) is 0.461. The summed E-state index contributed by atoms with van der Waals surface area (Å²) >= 11 is 0. The third kappa shape index (κ3) is 3.06. The van der Waals surface area contributed by atoms with Gasteiger partial charge < -0.3 is 20.1 Å². The number of rotatable bonds is 6. The molecule has 0 radical (unpaired) electrons. The fourth-order valence-electron chi connectivity index (χ4n) is 2.39. The van der Waals surface area contributed by atoms with Crippen molar-refractivity contribution in [3.05, 3.63) is 12.7 Å². The van der Waals surface area contributed by atoms with Crippen LogP contribution in [0.25, 0.3) is 0 Å². The zero-order valence-electron chi connectivity index (χ0n) is 10.8. The number of hydrogen-bond acceptors (Lipinski definition) is 5. The summed E-state index contributed by atoms with van der Waals surface area (Å²) in [5.41, 5.74) is -1.33. The van der Waals surface area contributed by atoms with E-state index >= 15 is 0 Å². The Morgan fingerprint density at radius 1 is 1.12 bits per heavy atom. The topological polar surface area (TPSA) is 87.0 Å². The Labute approximate surface area is 102 Å². The van der Waals surface area contributed by atoms with Gasteiger partial charge in [-0.25, -0.2) is 4.79 Å². The molecule has 5 heteroatoms. The Bertz CT molecular complexity index is 248. The summed E-state index contributed by atoms with van der Waals surface area (Å²) in [6.07, 6.45) is -3.00. The molecule has 0 amide bonds. The van der Waals surface area contributed by atoms with Gasteiger partial charge in [-0.3, -0.25) is 0 Å². The zero-order valence-corrected chi connectivity index (χ0v) is 10.8. The molecule has 0 aliphatic rings. The standard InChI is InChI=1S/C12H22O5/c1-6-11(16)17-10(5)12(7(2)13,8(3)14)9(4)15/h6-10,13-15H,1H2,2-5H3. The van der Waals surface area contributed by atoms with Gasteiger partial charge in [-0.1, -0.05) is 6.58 Å². The Morgan fingerprint density at radius 3 is 1.71 bits per heavy atom. The Kier molecular flexibility index (Phi) is 5.81. The van der Waals surface area contributed by atoms with Gasteiger partial charge in [-0.15, -0.1) is 0 Å². The van der Waals surface area contributed by atoms with Crippen molar-refractivity contribution in [1.82, 2.24) is 0 Å². The molecule has 0 saturated carbocycles. The maximum atomic E-state index is 11.2. The molecule has 0 heterocycles. The van der Waals surface area contributed by atoms with Crippen molar-refractivity contribution in [2.24, 2.45) is 5.41 Å². The van der Waals surface area contributed by atoms with Crippen LogP contribution in [0.3, 0.4) is 0 Å². The monoisotopic (exact) mass is 246 g/mol. The highest BCUT2D eigenvalue weighted by Gasteiger charge is 2.51. The average molecular weight is 246 g/mol. The lowest BCUT2D eigenvalue weighted by Crippen LogP contribution is -2.58. The van der Waals surface area contributed by atoms with Crippen molar-refractivity contribution in [3.8, 4) is 0 Å². The van der Waals surface area contributed by atoms with Crippen molar-refractivity contribution >= 4 is 5.97 Å². The van der Waals surface area contributed by atoms with Gasteiger partial charge in [-0.2, -0.15) is 0 Å². The van der Waals surface area contributed by atoms with E-state index in [4.69, 9.17) is 4.74 Å². The molecule has 0 aromatic heterocycles. The van der Waals surface area contributed by atoms with Crippen molar-refractivity contribution in [2.45, 2.75) is 52.1 Å². The first kappa shape index (κ1) is 16.1. The fraction of sp³-hybridized carbons (Fsp3) is 0.750. The normalized spacial score (nSPS) is 21.8. The van der Waals surface area contributed by atoms with Gasteiger partial charge in [0.2, 0.25) is 0 Å². The molecule has 0 saturated heterocycles. The number of aliphatic hydroxyl groups is 3. The predicted octanol–water partition coefficient (Wildman–Crippen LogP) is 0.233. The maximum absolute atomic E-state index is 11.2. The zero-order chi connectivity index (χ0) is 13.8. The number of hydrogen-bond donors (Lipinski definition) is 3. The number of aliphatic hydroxyl groups excluding tert-OH is 3. The first-order chi connectivity index (χ1) is 7.71. The van der Waals surface area contributed by atoms with Crippen LogP contribution in [0.5, 0.6) is 0 Å². The number of esters is 1. The first-order valence-electron chi connectivity index (χ1n) is 5.58. The van der Waals surface area contributed by atoms with E-state index in [0.717, 1.165) is 6.08 Å². The summed E-state index contributed by atoms with van der Waals surface area (Å²) in [4.78, 5) is 11.2. The molecule has 0 aliphatic heterocycles. The van der Waals surface area contributed by atoms with Crippen molar-refractivity contribution < 1.29 is 24.9 Å². The summed E-state index contributed by atoms with van der Waals surface area (Å²) in [6.45, 7) is 9.12. The van der Waals surface area contributed by atoms with Crippen LogP contribution >= 0.6 is 0 Å². The van der Waals surface area contributed by atoms with Gasteiger partial charge >= 0.3 is 5.97 Å². The van der Waals surface area contributed by atoms with E-state index in [1.54, 1.807) is 0 Å². The van der Waals surface area contributed by atoms with Crippen molar-refractivity contribution in [1.29, 1.82) is 0 Å². The van der Waals surface area contributed by atoms with E-state index in [0.29, 0.717) is 0 Å². The van der Waals surface area contributed by atoms with E-state index in [1.807, 2.05) is 0 Å². The molecule has 0 aromatic rings. The molecule has 0 aromatic carbocycles. The SMILES string of the molecule is C=CC(=O)OC(C)C(C(C)O)(C(C)O)C(C)O. The molecule has 4 atom stereocenters. The van der Waals surface area contributed by atoms with Gasteiger partial charge in [-0.05, 0) is 27.7 Å². The van der Waals surface area contributed by atoms with Gasteiger partial charge in [0, 0.05) is 6.08 Å². The largest absolute Gasteiger partial charge is 0.459 e. The number of carbonyl (C=O) groups is 1. The van der Waals surface area contributed by atoms with Crippen LogP contribution in [-0.2, 0) is 9.53 Å². The molecule has 0 aliphatic carbocycles. The van der Waals surface area contributed by atoms with Crippen molar-refractivity contribution in [2.75, 3.05) is 0 Å². The Balaban J connectivity index is 5.29. The van der Waals surface area contributed by atoms with Gasteiger partial charge in [0.25, 0.3) is 0 Å². The lowest BCUT2D eigenvalue weighted by atomic mass is 9.69. The van der Waals surface area contributed by atoms with Crippen LogP contribution in [-0.4, -0.2) is 45.7 Å². The van der Waals surface area contributed by atoms with E-state index in [2.05, 4.69) is 6.58 Å². The van der Waals surface area contributed by atoms with Crippen LogP contribution in [0.1, 0.15) is 27.7 Å². The third-order valence-electron chi connectivity index (χ3n) is 3.33. The van der Waals surface area contributed by atoms with E-state index < -0.39 is 35.8 Å². The fourth-order valence-corrected chi connectivity index (χ4v) is 2.39. The van der Waals surface area contributed by atoms with Gasteiger partial charge in [0.05, 0.1) is 23.7 Å². The first-order valence-corrected chi connectivity index (χ1v) is 5.58. The third-order valence-corrected chi connectivity index (χ3v) is 3.33. The van der Waals surface area contributed by atoms with Crippen LogP contribution in [0, 0.1) is 5.41 Å². The highest BCUT2D eigenvalue weighted by molar-refractivity contribution is 5.81. The van der Waals surface area contributed by atoms with Crippen LogP contribution in [0.4, 0.5) is 0 Å². The lowest BCUT2D eigenvalue weighted by Gasteiger charge is -2.45. The molecule has 100 valence electrons. The molecule has 4 unspecified atom stereocenters. The summed E-state index contributed by atoms with van der Waals surface area (Å²) in [5.74, 6) is -0.663. The van der Waals surface area contributed by atoms with Crippen LogP contribution in [0.2, 0.25) is 0 Å². The lowest BCUT2D eigenvalue weighted by molar-refractivity contribution is -0.193. The summed E-state index contributed by atoms with van der Waals surface area (Å²) in [5, 5.41) is 29.5. The molecular weight excluding hydrogens is 224 g/mol. The Hall–Kier alpha value is -0.910. The molecule has 0 fully saturated rings. The van der Waals surface area contributed by atoms with E-state index in [1.165, 1.54) is 27.7 Å². The van der Waals surface area contributed by atoms with Crippen molar-refractivity contribution in [3.63, 3.8) is 0 Å². The molecule has 17 heavy (non-hydrogen) atoms. The highest BCUT2D eigenvalue weighted by atomic mass is 16.5.